The lowest BCUT2D eigenvalue weighted by molar-refractivity contribution is 0.182. The van der Waals surface area contributed by atoms with Gasteiger partial charge in [-0.1, -0.05) is 6.92 Å². The second-order valence-corrected chi connectivity index (χ2v) is 7.18. The Hall–Kier alpha value is -0.920. The Morgan fingerprint density at radius 2 is 2.06 bits per heavy atom. The van der Waals surface area contributed by atoms with Crippen LogP contribution >= 0.6 is 0 Å². The summed E-state index contributed by atoms with van der Waals surface area (Å²) >= 11 is 0. The fraction of sp³-hybridized carbons (Fsp3) is 0.727. The predicted molar refractivity (Wildman–Crippen MR) is 68.4 cm³/mol. The zero-order valence-electron chi connectivity index (χ0n) is 10.8. The molecule has 102 valence electrons. The molecule has 0 bridgehead atoms. The molecule has 2 rings (SSSR count). The van der Waals surface area contributed by atoms with Gasteiger partial charge in [0.05, 0.1) is 6.33 Å². The number of piperidine rings is 1. The van der Waals surface area contributed by atoms with Crippen LogP contribution in [0.25, 0.3) is 0 Å². The molecule has 18 heavy (non-hydrogen) atoms. The van der Waals surface area contributed by atoms with Crippen molar-refractivity contribution >= 4 is 10.0 Å². The van der Waals surface area contributed by atoms with Crippen LogP contribution in [0.5, 0.6) is 0 Å². The fourth-order valence-electron chi connectivity index (χ4n) is 2.12. The molecule has 6 nitrogen and oxygen atoms in total. The highest BCUT2D eigenvalue weighted by Gasteiger charge is 2.35. The number of rotatable bonds is 3. The minimum Gasteiger partial charge on any atom is -0.339 e. The van der Waals surface area contributed by atoms with Crippen LogP contribution in [-0.4, -0.2) is 41.9 Å². The number of nitrogens with zero attached hydrogens (tertiary/aromatic N) is 3. The molecule has 1 aromatic heterocycles. The van der Waals surface area contributed by atoms with E-state index in [2.05, 4.69) is 11.9 Å². The summed E-state index contributed by atoms with van der Waals surface area (Å²) in [6.45, 7) is 3.75. The van der Waals surface area contributed by atoms with Gasteiger partial charge in [0.2, 0.25) is 0 Å². The largest absolute Gasteiger partial charge is 0.339 e. The van der Waals surface area contributed by atoms with Crippen molar-refractivity contribution in [2.75, 3.05) is 19.6 Å². The highest BCUT2D eigenvalue weighted by molar-refractivity contribution is 7.89. The number of nitrogens with two attached hydrogens (primary N) is 1. The van der Waals surface area contributed by atoms with Crippen LogP contribution in [0.3, 0.4) is 0 Å². The molecule has 1 aliphatic rings. The summed E-state index contributed by atoms with van der Waals surface area (Å²) in [7, 11) is -1.68. The molecule has 0 unspecified atom stereocenters. The number of hydrogen-bond acceptors (Lipinski definition) is 4. The van der Waals surface area contributed by atoms with Crippen LogP contribution < -0.4 is 5.73 Å². The Morgan fingerprint density at radius 3 is 2.50 bits per heavy atom. The molecular weight excluding hydrogens is 252 g/mol. The molecule has 1 saturated heterocycles. The minimum atomic E-state index is -3.44. The standard InChI is InChI=1S/C11H20N4O2S/c1-11(8-12)3-5-15(6-4-11)18(16,17)10-7-14(2)9-13-10/h7,9H,3-6,8,12H2,1-2H3. The molecule has 0 amide bonds. The van der Waals surface area contributed by atoms with E-state index in [1.165, 1.54) is 16.8 Å². The summed E-state index contributed by atoms with van der Waals surface area (Å²) in [6, 6.07) is 0. The lowest BCUT2D eigenvalue weighted by Crippen LogP contribution is -2.44. The van der Waals surface area contributed by atoms with E-state index in [4.69, 9.17) is 5.73 Å². The summed E-state index contributed by atoms with van der Waals surface area (Å²) in [5, 5.41) is 0.126. The zero-order valence-corrected chi connectivity index (χ0v) is 11.7. The lowest BCUT2D eigenvalue weighted by atomic mass is 9.81. The molecule has 0 aliphatic carbocycles. The van der Waals surface area contributed by atoms with Gasteiger partial charge in [-0.05, 0) is 24.8 Å². The topological polar surface area (TPSA) is 81.2 Å². The molecule has 0 radical (unpaired) electrons. The van der Waals surface area contributed by atoms with Crippen LogP contribution in [0, 0.1) is 5.41 Å². The molecule has 0 aromatic carbocycles. The molecule has 2 N–H and O–H groups in total. The molecule has 2 heterocycles. The average Bonchev–Trinajstić information content (AvgIpc) is 2.77. The molecule has 1 fully saturated rings. The van der Waals surface area contributed by atoms with Gasteiger partial charge in [0.15, 0.2) is 5.03 Å². The van der Waals surface area contributed by atoms with Crippen LogP contribution in [-0.2, 0) is 17.1 Å². The summed E-state index contributed by atoms with van der Waals surface area (Å²) < 4.78 is 27.8. The molecule has 1 aromatic rings. The minimum absolute atomic E-state index is 0.0656. The summed E-state index contributed by atoms with van der Waals surface area (Å²) in [5.74, 6) is 0. The van der Waals surface area contributed by atoms with Gasteiger partial charge in [-0.2, -0.15) is 4.31 Å². The van der Waals surface area contributed by atoms with E-state index in [1.54, 1.807) is 11.6 Å². The second kappa shape index (κ2) is 4.64. The van der Waals surface area contributed by atoms with Crippen LogP contribution in [0.1, 0.15) is 19.8 Å². The van der Waals surface area contributed by atoms with E-state index in [0.29, 0.717) is 19.6 Å². The van der Waals surface area contributed by atoms with Gasteiger partial charge in [0, 0.05) is 26.3 Å². The van der Waals surface area contributed by atoms with Gasteiger partial charge < -0.3 is 10.3 Å². The van der Waals surface area contributed by atoms with Gasteiger partial charge in [-0.15, -0.1) is 0 Å². The first-order valence-electron chi connectivity index (χ1n) is 6.06. The Bertz CT molecular complexity index is 515. The SMILES string of the molecule is Cn1cnc(S(=O)(=O)N2CCC(C)(CN)CC2)c1. The third-order valence-corrected chi connectivity index (χ3v) is 5.49. The summed E-state index contributed by atoms with van der Waals surface area (Å²) in [5.41, 5.74) is 5.79. The number of aryl methyl sites for hydroxylation is 1. The Labute approximate surface area is 108 Å². The summed E-state index contributed by atoms with van der Waals surface area (Å²) in [6.07, 6.45) is 4.64. The smallest absolute Gasteiger partial charge is 0.262 e. The van der Waals surface area contributed by atoms with E-state index in [1.807, 2.05) is 0 Å². The van der Waals surface area contributed by atoms with Crippen molar-refractivity contribution in [2.45, 2.75) is 24.8 Å². The predicted octanol–water partition coefficient (Wildman–Crippen LogP) is 0.170. The van der Waals surface area contributed by atoms with Crippen molar-refractivity contribution < 1.29 is 8.42 Å². The number of hydrogen-bond donors (Lipinski definition) is 1. The number of imidazole rings is 1. The summed E-state index contributed by atoms with van der Waals surface area (Å²) in [4.78, 5) is 3.93. The average molecular weight is 272 g/mol. The van der Waals surface area contributed by atoms with Crippen LogP contribution in [0.2, 0.25) is 0 Å². The zero-order chi connectivity index (χ0) is 13.4. The Morgan fingerprint density at radius 1 is 1.44 bits per heavy atom. The molecule has 0 saturated carbocycles. The first kappa shape index (κ1) is 13.5. The van der Waals surface area contributed by atoms with Crippen molar-refractivity contribution in [3.05, 3.63) is 12.5 Å². The Balaban J connectivity index is 2.14. The van der Waals surface area contributed by atoms with E-state index < -0.39 is 10.0 Å². The van der Waals surface area contributed by atoms with Gasteiger partial charge in [0.1, 0.15) is 0 Å². The first-order chi connectivity index (χ1) is 8.37. The van der Waals surface area contributed by atoms with Crippen LogP contribution in [0.4, 0.5) is 0 Å². The van der Waals surface area contributed by atoms with Crippen molar-refractivity contribution in [3.63, 3.8) is 0 Å². The fourth-order valence-corrected chi connectivity index (χ4v) is 3.53. The number of aromatic nitrogens is 2. The molecule has 0 atom stereocenters. The normalized spacial score (nSPS) is 21.1. The maximum atomic E-state index is 12.3. The number of sulfonamides is 1. The van der Waals surface area contributed by atoms with E-state index in [-0.39, 0.29) is 10.4 Å². The molecule has 0 spiro atoms. The lowest BCUT2D eigenvalue weighted by Gasteiger charge is -2.37. The quantitative estimate of drug-likeness (QED) is 0.850. The van der Waals surface area contributed by atoms with Gasteiger partial charge >= 0.3 is 0 Å². The highest BCUT2D eigenvalue weighted by atomic mass is 32.2. The van der Waals surface area contributed by atoms with E-state index in [0.717, 1.165) is 12.8 Å². The van der Waals surface area contributed by atoms with Crippen LogP contribution in [0.15, 0.2) is 17.6 Å². The van der Waals surface area contributed by atoms with Gasteiger partial charge in [0.25, 0.3) is 10.0 Å². The monoisotopic (exact) mass is 272 g/mol. The van der Waals surface area contributed by atoms with Crippen molar-refractivity contribution in [2.24, 2.45) is 18.2 Å². The first-order valence-corrected chi connectivity index (χ1v) is 7.50. The Kier molecular flexibility index (Phi) is 3.48. The van der Waals surface area contributed by atoms with E-state index in [9.17, 15) is 8.42 Å². The van der Waals surface area contributed by atoms with Crippen molar-refractivity contribution in [1.29, 1.82) is 0 Å². The third kappa shape index (κ3) is 2.43. The van der Waals surface area contributed by atoms with Gasteiger partial charge in [-0.3, -0.25) is 0 Å². The van der Waals surface area contributed by atoms with Crippen molar-refractivity contribution in [1.82, 2.24) is 13.9 Å². The molecular formula is C11H20N4O2S. The highest BCUT2D eigenvalue weighted by Crippen LogP contribution is 2.31. The maximum absolute atomic E-state index is 12.3. The second-order valence-electron chi connectivity index (χ2n) is 5.30. The third-order valence-electron chi connectivity index (χ3n) is 3.71. The van der Waals surface area contributed by atoms with E-state index >= 15 is 0 Å². The maximum Gasteiger partial charge on any atom is 0.262 e. The molecule has 1 aliphatic heterocycles. The van der Waals surface area contributed by atoms with Crippen molar-refractivity contribution in [3.8, 4) is 0 Å². The van der Waals surface area contributed by atoms with Gasteiger partial charge in [-0.25, -0.2) is 13.4 Å². The molecule has 7 heteroatoms.